The van der Waals surface area contributed by atoms with Crippen molar-refractivity contribution in [2.24, 2.45) is 5.41 Å². The Morgan fingerprint density at radius 2 is 1.67 bits per heavy atom. The van der Waals surface area contributed by atoms with Crippen LogP contribution >= 0.6 is 0 Å². The number of anilines is 4. The smallest absolute Gasteiger partial charge is 0.269 e. The molecular formula is C29H36F2N6O4S. The van der Waals surface area contributed by atoms with Crippen molar-refractivity contribution in [3.63, 3.8) is 0 Å². The number of hydrogen-bond donors (Lipinski definition) is 3. The number of halogens is 2. The summed E-state index contributed by atoms with van der Waals surface area (Å²) in [5.41, 5.74) is 2.55. The number of nitrogens with one attached hydrogen (secondary N) is 2. The number of hydrogen-bond acceptors (Lipinski definition) is 8. The maximum atomic E-state index is 13.7. The van der Waals surface area contributed by atoms with Gasteiger partial charge < -0.3 is 20.2 Å². The third-order valence-corrected chi connectivity index (χ3v) is 11.5. The molecule has 1 aromatic carbocycles. The number of sulfonamides is 1. The number of rotatable bonds is 8. The van der Waals surface area contributed by atoms with Crippen LogP contribution in [0, 0.1) is 12.3 Å². The van der Waals surface area contributed by atoms with E-state index in [0.29, 0.717) is 65.7 Å². The normalized spacial score (nSPS) is 20.8. The number of aliphatic hydroxyl groups excluding tert-OH is 1. The van der Waals surface area contributed by atoms with Crippen molar-refractivity contribution in [3.8, 4) is 0 Å². The Balaban J connectivity index is 1.24. The molecule has 2 saturated heterocycles. The number of carbonyl (C=O) groups excluding carboxylic acids is 1. The summed E-state index contributed by atoms with van der Waals surface area (Å²) in [6.45, 7) is 3.59. The van der Waals surface area contributed by atoms with Crippen molar-refractivity contribution < 1.29 is 27.1 Å². The molecule has 10 nitrogen and oxygen atoms in total. The van der Waals surface area contributed by atoms with Gasteiger partial charge in [0.25, 0.3) is 12.0 Å². The van der Waals surface area contributed by atoms with Gasteiger partial charge in [-0.15, -0.1) is 0 Å². The molecule has 6 rings (SSSR count). The number of aryl methyl sites for hydroxylation is 1. The van der Waals surface area contributed by atoms with E-state index in [1.54, 1.807) is 31.2 Å². The summed E-state index contributed by atoms with van der Waals surface area (Å²) in [4.78, 5) is 26.6. The van der Waals surface area contributed by atoms with Crippen LogP contribution in [0.25, 0.3) is 0 Å². The minimum absolute atomic E-state index is 0.152. The number of carbonyl (C=O) groups is 1. The Morgan fingerprint density at radius 1 is 0.976 bits per heavy atom. The number of piperidine rings is 2. The molecule has 13 heteroatoms. The number of amides is 1. The Bertz CT molecular complexity index is 1520. The molecule has 0 atom stereocenters. The molecule has 0 radical (unpaired) electrons. The maximum Gasteiger partial charge on any atom is 0.269 e. The van der Waals surface area contributed by atoms with Gasteiger partial charge in [-0.05, 0) is 87.5 Å². The lowest BCUT2D eigenvalue weighted by atomic mass is 9.93. The van der Waals surface area contributed by atoms with E-state index in [2.05, 4.69) is 24.9 Å². The first kappa shape index (κ1) is 28.8. The molecule has 1 spiro atoms. The molecule has 2 saturated carbocycles. The van der Waals surface area contributed by atoms with E-state index in [9.17, 15) is 27.1 Å². The second-order valence-corrected chi connectivity index (χ2v) is 14.2. The fraction of sp³-hybridized carbons (Fsp3) is 0.552. The number of aromatic nitrogens is 2. The van der Waals surface area contributed by atoms with Gasteiger partial charge in [0.05, 0.1) is 23.5 Å². The average Bonchev–Trinajstić information content (AvgIpc) is 3.90. The lowest BCUT2D eigenvalue weighted by molar-refractivity contribution is 0.102. The highest BCUT2D eigenvalue weighted by Gasteiger charge is 2.54. The Kier molecular flexibility index (Phi) is 7.37. The zero-order valence-corrected chi connectivity index (χ0v) is 24.4. The van der Waals surface area contributed by atoms with Crippen LogP contribution in [0.3, 0.4) is 0 Å². The van der Waals surface area contributed by atoms with Gasteiger partial charge in [-0.25, -0.2) is 13.4 Å². The van der Waals surface area contributed by atoms with E-state index in [1.807, 2.05) is 4.90 Å². The van der Waals surface area contributed by atoms with E-state index in [-0.39, 0.29) is 18.4 Å². The summed E-state index contributed by atoms with van der Waals surface area (Å²) in [6.07, 6.45) is 4.15. The topological polar surface area (TPSA) is 128 Å². The van der Waals surface area contributed by atoms with Gasteiger partial charge in [0, 0.05) is 37.9 Å². The SMILES string of the molecule is Cc1cc(NC(=O)c2ccc(NS(=O)(=O)C3(CO)CC3)cc2N2CCC3(CC2)CC3)nc(N2CCC(=C(F)F)CC2)n1. The summed E-state index contributed by atoms with van der Waals surface area (Å²) in [5, 5.41) is 12.6. The van der Waals surface area contributed by atoms with Crippen LogP contribution in [-0.4, -0.2) is 66.9 Å². The summed E-state index contributed by atoms with van der Waals surface area (Å²) in [6, 6.07) is 6.53. The molecule has 226 valence electrons. The highest BCUT2D eigenvalue weighted by Crippen LogP contribution is 2.54. The highest BCUT2D eigenvalue weighted by molar-refractivity contribution is 7.94. The van der Waals surface area contributed by atoms with Crippen molar-refractivity contribution in [1.82, 2.24) is 9.97 Å². The largest absolute Gasteiger partial charge is 0.395 e. The minimum Gasteiger partial charge on any atom is -0.395 e. The van der Waals surface area contributed by atoms with Gasteiger partial charge in [0.1, 0.15) is 10.6 Å². The first-order valence-electron chi connectivity index (χ1n) is 14.5. The van der Waals surface area contributed by atoms with Crippen molar-refractivity contribution in [1.29, 1.82) is 0 Å². The molecule has 2 aliphatic heterocycles. The van der Waals surface area contributed by atoms with E-state index in [4.69, 9.17) is 0 Å². The fourth-order valence-corrected chi connectivity index (χ4v) is 7.43. The summed E-state index contributed by atoms with van der Waals surface area (Å²) < 4.78 is 53.5. The van der Waals surface area contributed by atoms with Gasteiger partial charge in [-0.2, -0.15) is 13.8 Å². The third-order valence-electron chi connectivity index (χ3n) is 9.28. The zero-order chi connectivity index (χ0) is 29.7. The fourth-order valence-electron chi connectivity index (χ4n) is 5.97. The standard InChI is InChI=1S/C29H36F2N6O4S/c1-19-16-24(34-27(32-19)37-12-4-20(5-13-37)25(30)31)33-26(39)22-3-2-21(35-42(40,41)29(18-38)8-9-29)17-23(22)36-14-10-28(6-7-28)11-15-36/h2-3,16-17,35,38H,4-15,18H2,1H3,(H,32,33,34,39). The first-order valence-corrected chi connectivity index (χ1v) is 16.0. The quantitative estimate of drug-likeness (QED) is 0.405. The van der Waals surface area contributed by atoms with Crippen LogP contribution in [0.2, 0.25) is 0 Å². The minimum atomic E-state index is -3.80. The highest BCUT2D eigenvalue weighted by atomic mass is 32.2. The van der Waals surface area contributed by atoms with Crippen LogP contribution in [0.15, 0.2) is 35.9 Å². The van der Waals surface area contributed by atoms with Gasteiger partial charge >= 0.3 is 0 Å². The van der Waals surface area contributed by atoms with Crippen molar-refractivity contribution in [2.45, 2.75) is 63.0 Å². The van der Waals surface area contributed by atoms with E-state index in [0.717, 1.165) is 25.9 Å². The van der Waals surface area contributed by atoms with Crippen molar-refractivity contribution >= 4 is 39.1 Å². The molecule has 4 fully saturated rings. The van der Waals surface area contributed by atoms with Crippen LogP contribution < -0.4 is 19.8 Å². The molecule has 1 aromatic heterocycles. The maximum absolute atomic E-state index is 13.7. The van der Waals surface area contributed by atoms with Gasteiger partial charge in [0.15, 0.2) is 0 Å². The summed E-state index contributed by atoms with van der Waals surface area (Å²) >= 11 is 0. The molecule has 2 aromatic rings. The van der Waals surface area contributed by atoms with Crippen molar-refractivity contribution in [3.05, 3.63) is 47.2 Å². The molecule has 3 heterocycles. The van der Waals surface area contributed by atoms with E-state index >= 15 is 0 Å². The molecule has 42 heavy (non-hydrogen) atoms. The number of benzene rings is 1. The van der Waals surface area contributed by atoms with Crippen molar-refractivity contribution in [2.75, 3.05) is 52.6 Å². The predicted octanol–water partition coefficient (Wildman–Crippen LogP) is 4.44. The Morgan fingerprint density at radius 3 is 2.26 bits per heavy atom. The molecule has 0 unspecified atom stereocenters. The van der Waals surface area contributed by atoms with Crippen LogP contribution in [0.5, 0.6) is 0 Å². The van der Waals surface area contributed by atoms with Crippen LogP contribution in [-0.2, 0) is 10.0 Å². The second kappa shape index (κ2) is 10.7. The predicted molar refractivity (Wildman–Crippen MR) is 157 cm³/mol. The first-order chi connectivity index (χ1) is 20.0. The molecule has 2 aliphatic carbocycles. The van der Waals surface area contributed by atoms with Crippen LogP contribution in [0.4, 0.5) is 31.9 Å². The molecule has 4 aliphatic rings. The van der Waals surface area contributed by atoms with Crippen LogP contribution in [0.1, 0.15) is 67.4 Å². The monoisotopic (exact) mass is 602 g/mol. The molecule has 0 bridgehead atoms. The van der Waals surface area contributed by atoms with E-state index < -0.39 is 33.4 Å². The molecule has 1 amide bonds. The average molecular weight is 603 g/mol. The summed E-state index contributed by atoms with van der Waals surface area (Å²) in [5.74, 6) is 0.273. The number of nitrogens with zero attached hydrogens (tertiary/aromatic N) is 4. The summed E-state index contributed by atoms with van der Waals surface area (Å²) in [7, 11) is -3.80. The third kappa shape index (κ3) is 5.68. The zero-order valence-electron chi connectivity index (χ0n) is 23.6. The van der Waals surface area contributed by atoms with Gasteiger partial charge in [-0.3, -0.25) is 9.52 Å². The molecular weight excluding hydrogens is 566 g/mol. The second-order valence-electron chi connectivity index (χ2n) is 12.2. The van der Waals surface area contributed by atoms with Gasteiger partial charge in [0.2, 0.25) is 16.0 Å². The number of aliphatic hydroxyl groups is 1. The Hall–Kier alpha value is -3.32. The van der Waals surface area contributed by atoms with E-state index in [1.165, 1.54) is 12.8 Å². The molecule has 3 N–H and O–H groups in total. The lowest BCUT2D eigenvalue weighted by Crippen LogP contribution is -2.36. The Labute approximate surface area is 244 Å². The lowest BCUT2D eigenvalue weighted by Gasteiger charge is -2.35. The van der Waals surface area contributed by atoms with Gasteiger partial charge in [-0.1, -0.05) is 0 Å².